The fourth-order valence-corrected chi connectivity index (χ4v) is 2.19. The Morgan fingerprint density at radius 1 is 1.21 bits per heavy atom. The molecule has 2 amide bonds. The van der Waals surface area contributed by atoms with Gasteiger partial charge in [0.25, 0.3) is 0 Å². The topological polar surface area (TPSA) is 71.8 Å². The van der Waals surface area contributed by atoms with E-state index in [4.69, 9.17) is 0 Å². The first-order chi connectivity index (χ1) is 11.1. The molecule has 0 atom stereocenters. The van der Waals surface area contributed by atoms with Gasteiger partial charge in [-0.1, -0.05) is 26.8 Å². The second-order valence-corrected chi connectivity index (χ2v) is 7.92. The van der Waals surface area contributed by atoms with Crippen molar-refractivity contribution in [3.05, 3.63) is 41.9 Å². The van der Waals surface area contributed by atoms with Gasteiger partial charge >= 0.3 is 6.03 Å². The van der Waals surface area contributed by atoms with Gasteiger partial charge < -0.3 is 5.32 Å². The van der Waals surface area contributed by atoms with Crippen molar-refractivity contribution < 1.29 is 4.79 Å². The summed E-state index contributed by atoms with van der Waals surface area (Å²) in [6.45, 7) is 12.9. The van der Waals surface area contributed by atoms with Gasteiger partial charge in [0.15, 0.2) is 0 Å². The van der Waals surface area contributed by atoms with E-state index in [0.717, 1.165) is 11.3 Å². The van der Waals surface area contributed by atoms with Crippen molar-refractivity contribution in [2.45, 2.75) is 59.0 Å². The molecule has 6 nitrogen and oxygen atoms in total. The Labute approximate surface area is 143 Å². The summed E-state index contributed by atoms with van der Waals surface area (Å²) in [5.41, 5.74) is 1.58. The average Bonchev–Trinajstić information content (AvgIpc) is 2.90. The average molecular weight is 329 g/mol. The Balaban J connectivity index is 2.13. The van der Waals surface area contributed by atoms with Crippen LogP contribution in [0, 0.1) is 0 Å². The molecule has 0 aliphatic carbocycles. The van der Waals surface area contributed by atoms with Gasteiger partial charge in [-0.05, 0) is 32.4 Å². The van der Waals surface area contributed by atoms with Crippen LogP contribution in [-0.2, 0) is 17.5 Å². The van der Waals surface area contributed by atoms with E-state index in [1.807, 2.05) is 22.9 Å². The number of hydrogen-bond donors (Lipinski definition) is 2. The molecule has 2 heterocycles. The van der Waals surface area contributed by atoms with Crippen molar-refractivity contribution in [3.63, 3.8) is 0 Å². The van der Waals surface area contributed by atoms with E-state index in [1.165, 1.54) is 0 Å². The van der Waals surface area contributed by atoms with E-state index < -0.39 is 0 Å². The number of aromatic nitrogens is 3. The standard InChI is InChI=1S/C18H27N5O/c1-17(2,3)14-10-15(23(22-14)18(4,5)6)21-16(24)20-12-13-8-7-9-19-11-13/h7-11H,12H2,1-6H3,(H2,20,21,24). The summed E-state index contributed by atoms with van der Waals surface area (Å²) in [5.74, 6) is 0.691. The number of amides is 2. The third kappa shape index (κ3) is 4.57. The summed E-state index contributed by atoms with van der Waals surface area (Å²) >= 11 is 0. The minimum Gasteiger partial charge on any atom is -0.334 e. The van der Waals surface area contributed by atoms with Crippen LogP contribution in [0.15, 0.2) is 30.6 Å². The second kappa shape index (κ2) is 6.63. The van der Waals surface area contributed by atoms with Crippen molar-refractivity contribution in [2.75, 3.05) is 5.32 Å². The first kappa shape index (κ1) is 18.0. The summed E-state index contributed by atoms with van der Waals surface area (Å²) in [5, 5.41) is 10.4. The Hall–Kier alpha value is -2.37. The number of rotatable bonds is 3. The Morgan fingerprint density at radius 3 is 2.46 bits per heavy atom. The van der Waals surface area contributed by atoms with Gasteiger partial charge in [0.1, 0.15) is 5.82 Å². The third-order valence-corrected chi connectivity index (χ3v) is 3.53. The number of nitrogens with one attached hydrogen (secondary N) is 2. The lowest BCUT2D eigenvalue weighted by atomic mass is 9.92. The van der Waals surface area contributed by atoms with Gasteiger partial charge in [0.05, 0.1) is 11.2 Å². The highest BCUT2D eigenvalue weighted by atomic mass is 16.2. The normalized spacial score (nSPS) is 12.1. The van der Waals surface area contributed by atoms with Crippen molar-refractivity contribution in [2.24, 2.45) is 0 Å². The zero-order chi connectivity index (χ0) is 18.0. The van der Waals surface area contributed by atoms with Crippen LogP contribution in [0.4, 0.5) is 10.6 Å². The summed E-state index contributed by atoms with van der Waals surface area (Å²) in [4.78, 5) is 16.3. The van der Waals surface area contributed by atoms with Crippen LogP contribution in [0.2, 0.25) is 0 Å². The van der Waals surface area contributed by atoms with Gasteiger partial charge in [0, 0.05) is 30.4 Å². The monoisotopic (exact) mass is 329 g/mol. The summed E-state index contributed by atoms with van der Waals surface area (Å²) in [6.07, 6.45) is 3.44. The predicted octanol–water partition coefficient (Wildman–Crippen LogP) is 3.65. The fourth-order valence-electron chi connectivity index (χ4n) is 2.19. The van der Waals surface area contributed by atoms with E-state index in [0.29, 0.717) is 12.4 Å². The number of carbonyl (C=O) groups is 1. The molecular weight excluding hydrogens is 302 g/mol. The number of carbonyl (C=O) groups excluding carboxylic acids is 1. The summed E-state index contributed by atoms with van der Waals surface area (Å²) in [7, 11) is 0. The molecular formula is C18H27N5O. The maximum Gasteiger partial charge on any atom is 0.320 e. The van der Waals surface area contributed by atoms with Gasteiger partial charge in [0.2, 0.25) is 0 Å². The lowest BCUT2D eigenvalue weighted by molar-refractivity contribution is 0.251. The quantitative estimate of drug-likeness (QED) is 0.903. The van der Waals surface area contributed by atoms with E-state index in [9.17, 15) is 4.79 Å². The minimum atomic E-state index is -0.260. The highest BCUT2D eigenvalue weighted by Crippen LogP contribution is 2.28. The molecule has 0 unspecified atom stereocenters. The smallest absolute Gasteiger partial charge is 0.320 e. The number of anilines is 1. The molecule has 0 bridgehead atoms. The van der Waals surface area contributed by atoms with Crippen LogP contribution in [0.25, 0.3) is 0 Å². The highest BCUT2D eigenvalue weighted by molar-refractivity contribution is 5.88. The van der Waals surface area contributed by atoms with Crippen molar-refractivity contribution >= 4 is 11.8 Å². The van der Waals surface area contributed by atoms with E-state index in [-0.39, 0.29) is 17.0 Å². The molecule has 0 radical (unpaired) electrons. The lowest BCUT2D eigenvalue weighted by Gasteiger charge is -2.23. The second-order valence-electron chi connectivity index (χ2n) is 7.92. The van der Waals surface area contributed by atoms with Gasteiger partial charge in [-0.15, -0.1) is 0 Å². The van der Waals surface area contributed by atoms with Crippen molar-refractivity contribution in [3.8, 4) is 0 Å². The first-order valence-corrected chi connectivity index (χ1v) is 8.12. The molecule has 0 aromatic carbocycles. The predicted molar refractivity (Wildman–Crippen MR) is 96.0 cm³/mol. The molecule has 24 heavy (non-hydrogen) atoms. The molecule has 2 rings (SSSR count). The number of pyridine rings is 1. The van der Waals surface area contributed by atoms with E-state index in [1.54, 1.807) is 12.4 Å². The van der Waals surface area contributed by atoms with Crippen molar-refractivity contribution in [1.82, 2.24) is 20.1 Å². The van der Waals surface area contributed by atoms with Crippen LogP contribution in [0.3, 0.4) is 0 Å². The molecule has 0 spiro atoms. The lowest BCUT2D eigenvalue weighted by Crippen LogP contribution is -2.32. The zero-order valence-corrected chi connectivity index (χ0v) is 15.3. The molecule has 0 aliphatic heterocycles. The van der Waals surface area contributed by atoms with Gasteiger partial charge in [-0.2, -0.15) is 5.10 Å². The summed E-state index contributed by atoms with van der Waals surface area (Å²) in [6, 6.07) is 5.45. The summed E-state index contributed by atoms with van der Waals surface area (Å²) < 4.78 is 1.86. The van der Waals surface area contributed by atoms with Crippen LogP contribution in [0.5, 0.6) is 0 Å². The molecule has 0 aliphatic rings. The Kier molecular flexibility index (Phi) is 4.96. The first-order valence-electron chi connectivity index (χ1n) is 8.12. The third-order valence-electron chi connectivity index (χ3n) is 3.53. The highest BCUT2D eigenvalue weighted by Gasteiger charge is 2.25. The Bertz CT molecular complexity index is 692. The largest absolute Gasteiger partial charge is 0.334 e. The number of nitrogens with zero attached hydrogens (tertiary/aromatic N) is 3. The molecule has 2 aromatic heterocycles. The molecule has 130 valence electrons. The Morgan fingerprint density at radius 2 is 1.92 bits per heavy atom. The minimum absolute atomic E-state index is 0.0842. The van der Waals surface area contributed by atoms with Crippen LogP contribution in [0.1, 0.15) is 52.8 Å². The maximum absolute atomic E-state index is 12.2. The zero-order valence-electron chi connectivity index (χ0n) is 15.3. The maximum atomic E-state index is 12.2. The SMILES string of the molecule is CC(C)(C)c1cc(NC(=O)NCc2cccnc2)n(C(C)(C)C)n1. The number of hydrogen-bond acceptors (Lipinski definition) is 3. The number of urea groups is 1. The molecule has 0 saturated carbocycles. The van der Waals surface area contributed by atoms with Crippen LogP contribution < -0.4 is 10.6 Å². The molecule has 0 saturated heterocycles. The van der Waals surface area contributed by atoms with Gasteiger partial charge in [-0.3, -0.25) is 10.3 Å². The van der Waals surface area contributed by atoms with Crippen LogP contribution >= 0.6 is 0 Å². The van der Waals surface area contributed by atoms with Crippen LogP contribution in [-0.4, -0.2) is 20.8 Å². The van der Waals surface area contributed by atoms with E-state index in [2.05, 4.69) is 62.3 Å². The fraction of sp³-hybridized carbons (Fsp3) is 0.500. The molecule has 2 N–H and O–H groups in total. The molecule has 6 heteroatoms. The van der Waals surface area contributed by atoms with Crippen molar-refractivity contribution in [1.29, 1.82) is 0 Å². The molecule has 2 aromatic rings. The van der Waals surface area contributed by atoms with Gasteiger partial charge in [-0.25, -0.2) is 9.48 Å². The molecule has 0 fully saturated rings. The van der Waals surface area contributed by atoms with E-state index >= 15 is 0 Å².